The molecule has 92 valence electrons. The molecule has 2 nitrogen and oxygen atoms in total. The number of aryl methyl sites for hydroxylation is 1. The molecule has 0 spiro atoms. The van der Waals surface area contributed by atoms with Crippen molar-refractivity contribution in [3.8, 4) is 5.75 Å². The second-order valence-electron chi connectivity index (χ2n) is 4.09. The number of nitrogens with one attached hydrogen (secondary N) is 1. The number of benzene rings is 2. The van der Waals surface area contributed by atoms with Crippen molar-refractivity contribution in [1.82, 2.24) is 0 Å². The van der Waals surface area contributed by atoms with Crippen LogP contribution in [-0.4, -0.2) is 7.05 Å². The van der Waals surface area contributed by atoms with Crippen LogP contribution in [-0.2, 0) is 0 Å². The van der Waals surface area contributed by atoms with Crippen LogP contribution in [0, 0.1) is 6.92 Å². The van der Waals surface area contributed by atoms with E-state index in [2.05, 4.69) is 11.9 Å². The summed E-state index contributed by atoms with van der Waals surface area (Å²) in [6, 6.07) is 15.9. The second kappa shape index (κ2) is 5.41. The fraction of sp³-hybridized carbons (Fsp3) is 0.125. The van der Waals surface area contributed by atoms with Gasteiger partial charge in [-0.25, -0.2) is 0 Å². The summed E-state index contributed by atoms with van der Waals surface area (Å²) in [5, 5.41) is 3.10. The third-order valence-electron chi connectivity index (χ3n) is 2.84. The number of rotatable bonds is 4. The summed E-state index contributed by atoms with van der Waals surface area (Å²) in [6.45, 7) is 6.06. The molecule has 0 unspecified atom stereocenters. The minimum Gasteiger partial charge on any atom is -0.455 e. The molecule has 0 fully saturated rings. The van der Waals surface area contributed by atoms with Crippen molar-refractivity contribution in [2.45, 2.75) is 6.92 Å². The number of hydrogen-bond donors (Lipinski definition) is 1. The van der Waals surface area contributed by atoms with Gasteiger partial charge < -0.3 is 10.1 Å². The van der Waals surface area contributed by atoms with Crippen LogP contribution in [0.4, 0.5) is 5.69 Å². The maximum atomic E-state index is 5.85. The Morgan fingerprint density at radius 1 is 1.06 bits per heavy atom. The number of ether oxygens (including phenoxy) is 1. The lowest BCUT2D eigenvalue weighted by molar-refractivity contribution is 0.518. The Kier molecular flexibility index (Phi) is 3.68. The molecule has 0 amide bonds. The molecule has 1 N–H and O–H groups in total. The summed E-state index contributed by atoms with van der Waals surface area (Å²) in [5.74, 6) is 1.45. The molecule has 0 saturated carbocycles. The van der Waals surface area contributed by atoms with Crippen LogP contribution in [0.1, 0.15) is 11.1 Å². The van der Waals surface area contributed by atoms with E-state index in [-0.39, 0.29) is 0 Å². The van der Waals surface area contributed by atoms with Crippen molar-refractivity contribution in [1.29, 1.82) is 0 Å². The highest BCUT2D eigenvalue weighted by Crippen LogP contribution is 2.28. The van der Waals surface area contributed by atoms with Crippen LogP contribution in [0.15, 0.2) is 55.1 Å². The Hall–Kier alpha value is -2.22. The van der Waals surface area contributed by atoms with E-state index in [1.807, 2.05) is 62.5 Å². The molecule has 0 aliphatic rings. The first-order chi connectivity index (χ1) is 8.72. The van der Waals surface area contributed by atoms with E-state index in [9.17, 15) is 0 Å². The molecule has 0 radical (unpaired) electrons. The average Bonchev–Trinajstić information content (AvgIpc) is 2.39. The first-order valence-electron chi connectivity index (χ1n) is 5.92. The Morgan fingerprint density at radius 2 is 1.72 bits per heavy atom. The normalized spacial score (nSPS) is 9.89. The van der Waals surface area contributed by atoms with Gasteiger partial charge in [0.15, 0.2) is 0 Å². The van der Waals surface area contributed by atoms with Gasteiger partial charge in [-0.2, -0.15) is 0 Å². The van der Waals surface area contributed by atoms with Crippen LogP contribution < -0.4 is 10.1 Å². The topological polar surface area (TPSA) is 21.3 Å². The summed E-state index contributed by atoms with van der Waals surface area (Å²) in [4.78, 5) is 0. The summed E-state index contributed by atoms with van der Waals surface area (Å²) >= 11 is 0. The van der Waals surface area contributed by atoms with Gasteiger partial charge >= 0.3 is 0 Å². The molecule has 2 aromatic rings. The van der Waals surface area contributed by atoms with E-state index in [0.717, 1.165) is 22.6 Å². The lowest BCUT2D eigenvalue weighted by Gasteiger charge is -2.14. The molecule has 0 heterocycles. The molecule has 0 aliphatic carbocycles. The first kappa shape index (κ1) is 12.2. The van der Waals surface area contributed by atoms with E-state index in [1.54, 1.807) is 0 Å². The maximum absolute atomic E-state index is 5.85. The molecule has 18 heavy (non-hydrogen) atoms. The lowest BCUT2D eigenvalue weighted by atomic mass is 10.1. The fourth-order valence-corrected chi connectivity index (χ4v) is 1.84. The third kappa shape index (κ3) is 2.54. The molecule has 0 saturated heterocycles. The van der Waals surface area contributed by atoms with Crippen molar-refractivity contribution in [3.05, 3.63) is 66.2 Å². The van der Waals surface area contributed by atoms with Crippen molar-refractivity contribution in [3.63, 3.8) is 0 Å². The first-order valence-corrected chi connectivity index (χ1v) is 5.92. The van der Waals surface area contributed by atoms with Crippen LogP contribution in [0.2, 0.25) is 0 Å². The molecule has 0 aromatic heterocycles. The molecular formula is C16H17NO. The van der Waals surface area contributed by atoms with Gasteiger partial charge in [0.25, 0.3) is 0 Å². The third-order valence-corrected chi connectivity index (χ3v) is 2.84. The second-order valence-corrected chi connectivity index (χ2v) is 4.09. The molecule has 2 heteroatoms. The van der Waals surface area contributed by atoms with Crippen LogP contribution in [0.25, 0.3) is 5.76 Å². The Labute approximate surface area is 108 Å². The molecule has 2 aromatic carbocycles. The average molecular weight is 239 g/mol. The van der Waals surface area contributed by atoms with E-state index in [0.29, 0.717) is 5.76 Å². The van der Waals surface area contributed by atoms with Gasteiger partial charge in [-0.3, -0.25) is 0 Å². The molecule has 0 atom stereocenters. The van der Waals surface area contributed by atoms with Gasteiger partial charge in [0.2, 0.25) is 0 Å². The number of para-hydroxylation sites is 2. The monoisotopic (exact) mass is 239 g/mol. The highest BCUT2D eigenvalue weighted by molar-refractivity contribution is 5.66. The fourth-order valence-electron chi connectivity index (χ4n) is 1.84. The predicted molar refractivity (Wildman–Crippen MR) is 76.8 cm³/mol. The van der Waals surface area contributed by atoms with E-state index >= 15 is 0 Å². The zero-order valence-corrected chi connectivity index (χ0v) is 10.7. The van der Waals surface area contributed by atoms with E-state index < -0.39 is 0 Å². The van der Waals surface area contributed by atoms with Crippen molar-refractivity contribution >= 4 is 11.4 Å². The lowest BCUT2D eigenvalue weighted by Crippen LogP contribution is -1.98. The highest BCUT2D eigenvalue weighted by Gasteiger charge is 2.07. The van der Waals surface area contributed by atoms with Crippen molar-refractivity contribution in [2.24, 2.45) is 0 Å². The van der Waals surface area contributed by atoms with Gasteiger partial charge in [-0.05, 0) is 24.6 Å². The Bertz CT molecular complexity index is 561. The highest BCUT2D eigenvalue weighted by atomic mass is 16.5. The molecular weight excluding hydrogens is 222 g/mol. The quantitative estimate of drug-likeness (QED) is 0.811. The van der Waals surface area contributed by atoms with Gasteiger partial charge in [0.05, 0.1) is 5.69 Å². The van der Waals surface area contributed by atoms with Crippen LogP contribution in [0.3, 0.4) is 0 Å². The van der Waals surface area contributed by atoms with Gasteiger partial charge in [0, 0.05) is 12.6 Å². The minimum atomic E-state index is 0.663. The van der Waals surface area contributed by atoms with Gasteiger partial charge in [-0.1, -0.05) is 43.0 Å². The molecule has 0 bridgehead atoms. The van der Waals surface area contributed by atoms with Gasteiger partial charge in [-0.15, -0.1) is 0 Å². The van der Waals surface area contributed by atoms with Crippen molar-refractivity contribution < 1.29 is 4.74 Å². The van der Waals surface area contributed by atoms with E-state index in [4.69, 9.17) is 4.74 Å². The van der Waals surface area contributed by atoms with E-state index in [1.165, 1.54) is 0 Å². The summed E-state index contributed by atoms with van der Waals surface area (Å²) in [7, 11) is 1.87. The maximum Gasteiger partial charge on any atom is 0.150 e. The molecule has 2 rings (SSSR count). The van der Waals surface area contributed by atoms with Crippen LogP contribution in [0.5, 0.6) is 5.75 Å². The standard InChI is InChI=1S/C16H17NO/c1-12-8-4-5-9-14(12)13(2)18-16-11-7-6-10-15(16)17-3/h4-11,17H,2H2,1,3H3. The van der Waals surface area contributed by atoms with Crippen LogP contribution >= 0.6 is 0 Å². The zero-order valence-electron chi connectivity index (χ0n) is 10.7. The summed E-state index contributed by atoms with van der Waals surface area (Å²) in [5.41, 5.74) is 3.14. The SMILES string of the molecule is C=C(Oc1ccccc1NC)c1ccccc1C. The minimum absolute atomic E-state index is 0.663. The van der Waals surface area contributed by atoms with Gasteiger partial charge in [0.1, 0.15) is 11.5 Å². The predicted octanol–water partition coefficient (Wildman–Crippen LogP) is 4.09. The number of hydrogen-bond acceptors (Lipinski definition) is 2. The Balaban J connectivity index is 2.24. The zero-order chi connectivity index (χ0) is 13.0. The number of anilines is 1. The smallest absolute Gasteiger partial charge is 0.150 e. The summed E-state index contributed by atoms with van der Waals surface area (Å²) in [6.07, 6.45) is 0. The largest absolute Gasteiger partial charge is 0.455 e. The van der Waals surface area contributed by atoms with Crippen molar-refractivity contribution in [2.75, 3.05) is 12.4 Å². The summed E-state index contributed by atoms with van der Waals surface area (Å²) < 4.78 is 5.85. The Morgan fingerprint density at radius 3 is 2.44 bits per heavy atom. The molecule has 0 aliphatic heterocycles.